The van der Waals surface area contributed by atoms with E-state index < -0.39 is 0 Å². The van der Waals surface area contributed by atoms with Crippen LogP contribution in [0.2, 0.25) is 0 Å². The van der Waals surface area contributed by atoms with Crippen LogP contribution in [0.4, 0.5) is 5.82 Å². The molecule has 0 amide bonds. The molecular formula is C18H30IN5OS. The van der Waals surface area contributed by atoms with Gasteiger partial charge in [-0.15, -0.1) is 24.0 Å². The van der Waals surface area contributed by atoms with Crippen LogP contribution in [0, 0.1) is 0 Å². The molecule has 2 aliphatic rings. The minimum Gasteiger partial charge on any atom is -0.378 e. The number of guanidine groups is 1. The lowest BCUT2D eigenvalue weighted by Gasteiger charge is -2.29. The molecule has 26 heavy (non-hydrogen) atoms. The van der Waals surface area contributed by atoms with Crippen molar-refractivity contribution in [2.24, 2.45) is 4.99 Å². The normalized spacial score (nSPS) is 23.5. The van der Waals surface area contributed by atoms with Gasteiger partial charge < -0.3 is 20.3 Å². The minimum atomic E-state index is 0. The first-order valence-corrected chi connectivity index (χ1v) is 10.4. The second-order valence-electron chi connectivity index (χ2n) is 6.52. The van der Waals surface area contributed by atoms with Crippen LogP contribution in [0.15, 0.2) is 23.3 Å². The van der Waals surface area contributed by atoms with E-state index in [1.165, 1.54) is 24.8 Å². The summed E-state index contributed by atoms with van der Waals surface area (Å²) >= 11 is 1.97. The molecule has 1 aromatic heterocycles. The second-order valence-corrected chi connectivity index (χ2v) is 7.66. The highest BCUT2D eigenvalue weighted by atomic mass is 127. The lowest BCUT2D eigenvalue weighted by atomic mass is 10.2. The summed E-state index contributed by atoms with van der Waals surface area (Å²) in [7, 11) is 1.84. The van der Waals surface area contributed by atoms with Crippen molar-refractivity contribution in [1.82, 2.24) is 15.6 Å². The van der Waals surface area contributed by atoms with Gasteiger partial charge in [0.25, 0.3) is 0 Å². The van der Waals surface area contributed by atoms with Crippen molar-refractivity contribution >= 4 is 47.5 Å². The van der Waals surface area contributed by atoms with Gasteiger partial charge in [-0.05, 0) is 31.6 Å². The maximum atomic E-state index is 5.45. The van der Waals surface area contributed by atoms with Gasteiger partial charge in [0.1, 0.15) is 5.82 Å². The fourth-order valence-electron chi connectivity index (χ4n) is 3.48. The number of anilines is 1. The molecule has 0 radical (unpaired) electrons. The Morgan fingerprint density at radius 2 is 2.19 bits per heavy atom. The number of aromatic nitrogens is 1. The number of thioether (sulfide) groups is 1. The predicted octanol–water partition coefficient (Wildman–Crippen LogP) is 2.49. The maximum Gasteiger partial charge on any atom is 0.191 e. The van der Waals surface area contributed by atoms with Crippen LogP contribution in [0.1, 0.15) is 24.8 Å². The third-order valence-corrected chi connectivity index (χ3v) is 6.00. The highest BCUT2D eigenvalue weighted by Gasteiger charge is 2.24. The van der Waals surface area contributed by atoms with E-state index in [4.69, 9.17) is 4.74 Å². The highest BCUT2D eigenvalue weighted by molar-refractivity contribution is 14.0. The van der Waals surface area contributed by atoms with Gasteiger partial charge in [-0.25, -0.2) is 4.98 Å². The van der Waals surface area contributed by atoms with Crippen molar-refractivity contribution in [3.8, 4) is 0 Å². The van der Waals surface area contributed by atoms with Crippen LogP contribution in [0.5, 0.6) is 0 Å². The molecule has 0 aromatic carbocycles. The lowest BCUT2D eigenvalue weighted by Crippen LogP contribution is -2.42. The first-order valence-electron chi connectivity index (χ1n) is 9.06. The Morgan fingerprint density at radius 1 is 1.38 bits per heavy atom. The second kappa shape index (κ2) is 11.2. The Labute approximate surface area is 178 Å². The Balaban J connectivity index is 0.00000243. The SMILES string of the molecule is CN=C(NCc1cccnc1N1CCOCC1)NC1CCC(SC)C1.I. The smallest absolute Gasteiger partial charge is 0.191 e. The summed E-state index contributed by atoms with van der Waals surface area (Å²) in [5, 5.41) is 7.81. The van der Waals surface area contributed by atoms with Gasteiger partial charge in [0.2, 0.25) is 0 Å². The zero-order valence-corrected chi connectivity index (χ0v) is 18.8. The number of halogens is 1. The Hall–Kier alpha value is -0.740. The van der Waals surface area contributed by atoms with E-state index in [9.17, 15) is 0 Å². The van der Waals surface area contributed by atoms with E-state index in [1.807, 2.05) is 31.1 Å². The number of rotatable bonds is 5. The van der Waals surface area contributed by atoms with Crippen molar-refractivity contribution in [2.45, 2.75) is 37.1 Å². The maximum absolute atomic E-state index is 5.45. The molecule has 2 heterocycles. The molecule has 3 rings (SSSR count). The van der Waals surface area contributed by atoms with Crippen LogP contribution >= 0.6 is 35.7 Å². The van der Waals surface area contributed by atoms with Crippen LogP contribution in [0.3, 0.4) is 0 Å². The van der Waals surface area contributed by atoms with Gasteiger partial charge in [0.05, 0.1) is 13.2 Å². The molecule has 2 fully saturated rings. The molecule has 1 aliphatic carbocycles. The third-order valence-electron chi connectivity index (χ3n) is 4.91. The molecule has 1 aliphatic heterocycles. The van der Waals surface area contributed by atoms with Gasteiger partial charge >= 0.3 is 0 Å². The largest absolute Gasteiger partial charge is 0.378 e. The number of morpholine rings is 1. The van der Waals surface area contributed by atoms with E-state index in [2.05, 4.69) is 37.8 Å². The summed E-state index contributed by atoms with van der Waals surface area (Å²) in [5.74, 6) is 1.93. The molecule has 6 nitrogen and oxygen atoms in total. The van der Waals surface area contributed by atoms with E-state index in [1.54, 1.807) is 0 Å². The van der Waals surface area contributed by atoms with Crippen molar-refractivity contribution in [3.63, 3.8) is 0 Å². The quantitative estimate of drug-likeness (QED) is 0.375. The minimum absolute atomic E-state index is 0. The Morgan fingerprint density at radius 3 is 2.88 bits per heavy atom. The molecule has 2 unspecified atom stereocenters. The van der Waals surface area contributed by atoms with Crippen LogP contribution in [-0.4, -0.2) is 61.8 Å². The number of hydrogen-bond acceptors (Lipinski definition) is 5. The molecule has 0 bridgehead atoms. The first-order chi connectivity index (χ1) is 12.3. The predicted molar refractivity (Wildman–Crippen MR) is 121 cm³/mol. The van der Waals surface area contributed by atoms with E-state index in [-0.39, 0.29) is 24.0 Å². The Bertz CT molecular complexity index is 582. The molecule has 1 saturated heterocycles. The third kappa shape index (κ3) is 5.88. The topological polar surface area (TPSA) is 61.8 Å². The van der Waals surface area contributed by atoms with Gasteiger partial charge in [-0.3, -0.25) is 4.99 Å². The Kier molecular flexibility index (Phi) is 9.27. The van der Waals surface area contributed by atoms with Gasteiger partial charge in [-0.2, -0.15) is 11.8 Å². The van der Waals surface area contributed by atoms with Crippen molar-refractivity contribution in [3.05, 3.63) is 23.9 Å². The lowest BCUT2D eigenvalue weighted by molar-refractivity contribution is 0.122. The molecule has 146 valence electrons. The molecule has 1 saturated carbocycles. The number of pyridine rings is 1. The first kappa shape index (κ1) is 21.6. The monoisotopic (exact) mass is 491 g/mol. The van der Waals surface area contributed by atoms with Crippen molar-refractivity contribution in [2.75, 3.05) is 44.5 Å². The summed E-state index contributed by atoms with van der Waals surface area (Å²) < 4.78 is 5.45. The van der Waals surface area contributed by atoms with Crippen LogP contribution in [-0.2, 0) is 11.3 Å². The van der Waals surface area contributed by atoms with Gasteiger partial charge in [0, 0.05) is 49.7 Å². The van der Waals surface area contributed by atoms with Gasteiger partial charge in [0.15, 0.2) is 5.96 Å². The number of nitrogens with zero attached hydrogens (tertiary/aromatic N) is 3. The van der Waals surface area contributed by atoms with E-state index >= 15 is 0 Å². The average molecular weight is 491 g/mol. The van der Waals surface area contributed by atoms with Crippen LogP contribution in [0.25, 0.3) is 0 Å². The molecule has 8 heteroatoms. The highest BCUT2D eigenvalue weighted by Crippen LogP contribution is 2.28. The van der Waals surface area contributed by atoms with Crippen LogP contribution < -0.4 is 15.5 Å². The standard InChI is InChI=1S/C18H29N5OS.HI/c1-19-18(22-15-5-6-16(12-15)25-2)21-13-14-4-3-7-20-17(14)23-8-10-24-11-9-23;/h3-4,7,15-16H,5-6,8-13H2,1-2H3,(H2,19,21,22);1H. The summed E-state index contributed by atoms with van der Waals surface area (Å²) in [4.78, 5) is 11.3. The summed E-state index contributed by atoms with van der Waals surface area (Å²) in [5.41, 5.74) is 1.20. The average Bonchev–Trinajstić information content (AvgIpc) is 3.13. The number of ether oxygens (including phenoxy) is 1. The zero-order chi connectivity index (χ0) is 17.5. The zero-order valence-electron chi connectivity index (χ0n) is 15.6. The van der Waals surface area contributed by atoms with E-state index in [0.29, 0.717) is 6.04 Å². The fraction of sp³-hybridized carbons (Fsp3) is 0.667. The number of nitrogens with one attached hydrogen (secondary N) is 2. The van der Waals surface area contributed by atoms with Gasteiger partial charge in [-0.1, -0.05) is 6.07 Å². The summed E-state index contributed by atoms with van der Waals surface area (Å²) in [6.45, 7) is 4.05. The summed E-state index contributed by atoms with van der Waals surface area (Å²) in [6.07, 6.45) is 7.80. The number of aliphatic imine (C=N–C) groups is 1. The number of hydrogen-bond donors (Lipinski definition) is 2. The molecule has 2 N–H and O–H groups in total. The van der Waals surface area contributed by atoms with Crippen molar-refractivity contribution in [1.29, 1.82) is 0 Å². The van der Waals surface area contributed by atoms with E-state index in [0.717, 1.165) is 49.9 Å². The van der Waals surface area contributed by atoms with Crippen molar-refractivity contribution < 1.29 is 4.74 Å². The molecular weight excluding hydrogens is 461 g/mol. The summed E-state index contributed by atoms with van der Waals surface area (Å²) in [6, 6.07) is 4.66. The molecule has 1 aromatic rings. The molecule has 2 atom stereocenters. The fourth-order valence-corrected chi connectivity index (χ4v) is 4.28. The molecule has 0 spiro atoms.